The normalized spacial score (nSPS) is 34.7. The molecule has 0 radical (unpaired) electrons. The molecule has 5 nitrogen and oxygen atoms in total. The molecule has 324 valence electrons. The SMILES string of the molecule is CC1=CC(C)Cc2c1n(C1CC(n3c4c(c5c3C=CCC5)CCC=C4)C(C#N)CC1C1NC(C3=CCC4C(=C3)C3CC=CC=C3C4(C)C)[NH+]1C1C=CCCC1)c1c(C)cc(C)cc21. The van der Waals surface area contributed by atoms with Crippen molar-refractivity contribution >= 4 is 28.6 Å². The van der Waals surface area contributed by atoms with Crippen LogP contribution < -0.4 is 10.2 Å². The van der Waals surface area contributed by atoms with Gasteiger partial charge in [-0.25, -0.2) is 5.32 Å². The number of nitriles is 1. The monoisotopic (exact) mass is 835 g/mol. The third kappa shape index (κ3) is 5.99. The first-order valence-corrected chi connectivity index (χ1v) is 25.0. The van der Waals surface area contributed by atoms with Crippen LogP contribution in [0.5, 0.6) is 0 Å². The van der Waals surface area contributed by atoms with Gasteiger partial charge in [0.1, 0.15) is 6.04 Å². The molecule has 3 aromatic rings. The van der Waals surface area contributed by atoms with E-state index in [4.69, 9.17) is 0 Å². The molecule has 1 aromatic carbocycles. The molecule has 63 heavy (non-hydrogen) atoms. The molecule has 12 rings (SSSR count). The number of benzene rings is 1. The summed E-state index contributed by atoms with van der Waals surface area (Å²) >= 11 is 0. The molecule has 2 N–H and O–H groups in total. The van der Waals surface area contributed by atoms with Crippen molar-refractivity contribution < 1.29 is 4.90 Å². The summed E-state index contributed by atoms with van der Waals surface area (Å²) < 4.78 is 5.58. The van der Waals surface area contributed by atoms with E-state index >= 15 is 0 Å². The first kappa shape index (κ1) is 39.9. The van der Waals surface area contributed by atoms with Crippen LogP contribution in [-0.4, -0.2) is 27.5 Å². The Morgan fingerprint density at radius 3 is 2.43 bits per heavy atom. The van der Waals surface area contributed by atoms with Crippen LogP contribution in [0.2, 0.25) is 0 Å². The van der Waals surface area contributed by atoms with Crippen LogP contribution in [0.15, 0.2) is 89.6 Å². The smallest absolute Gasteiger partial charge is 0.173 e. The number of aryl methyl sites for hydroxylation is 2. The van der Waals surface area contributed by atoms with Crippen molar-refractivity contribution in [1.82, 2.24) is 14.5 Å². The van der Waals surface area contributed by atoms with E-state index in [-0.39, 0.29) is 41.7 Å². The standard InChI is InChI=1S/C58H67N5/c1-34-26-36(3)54-45(28-34)46-29-35(2)27-37(4)55(46)63(54)53-32-52(62-50-22-14-11-19-42(50)43-20-12-15-23-51(43)62)39(33-59)31-47(53)57-60-56(61(57)40-16-8-7-9-17-40)38-24-25-49-44(30-38)41-18-10-13-21-48(41)58(49,5)6/h8,10,13-16,21-24,26-28,30,35,39-41,47,49,52-53,56-57,60H,7,9,11-12,17-20,25,29,31-32H2,1-6H3/p+1. The van der Waals surface area contributed by atoms with E-state index in [1.807, 2.05) is 0 Å². The number of quaternary nitrogens is 1. The van der Waals surface area contributed by atoms with Crippen molar-refractivity contribution in [3.63, 3.8) is 0 Å². The molecule has 5 heteroatoms. The van der Waals surface area contributed by atoms with E-state index in [1.165, 1.54) is 69.5 Å². The van der Waals surface area contributed by atoms with Gasteiger partial charge >= 0.3 is 0 Å². The van der Waals surface area contributed by atoms with E-state index in [9.17, 15) is 5.26 Å². The summed E-state index contributed by atoms with van der Waals surface area (Å²) in [5, 5.41) is 17.4. The first-order chi connectivity index (χ1) is 30.6. The van der Waals surface area contributed by atoms with E-state index in [1.54, 1.807) is 32.7 Å². The van der Waals surface area contributed by atoms with Gasteiger partial charge in [-0.05, 0) is 161 Å². The highest BCUT2D eigenvalue weighted by molar-refractivity contribution is 5.93. The summed E-state index contributed by atoms with van der Waals surface area (Å²) in [6.45, 7) is 14.4. The lowest BCUT2D eigenvalue weighted by Gasteiger charge is -2.56. The van der Waals surface area contributed by atoms with Crippen molar-refractivity contribution in [3.05, 3.63) is 135 Å². The number of fused-ring (bicyclic) bond motifs is 9. The number of nitrogens with one attached hydrogen (secondary N) is 2. The lowest BCUT2D eigenvalue weighted by molar-refractivity contribution is -1.02. The minimum Gasteiger partial charge on any atom is -0.337 e. The number of hydrogen-bond donors (Lipinski definition) is 2. The number of allylic oxidation sites excluding steroid dienone is 11. The molecule has 1 saturated heterocycles. The van der Waals surface area contributed by atoms with E-state index in [0.717, 1.165) is 57.8 Å². The van der Waals surface area contributed by atoms with E-state index in [0.29, 0.717) is 23.8 Å². The molecular formula is C58H68N5+. The minimum absolute atomic E-state index is 0.0822. The zero-order valence-electron chi connectivity index (χ0n) is 38.7. The van der Waals surface area contributed by atoms with Gasteiger partial charge in [-0.15, -0.1) is 0 Å². The summed E-state index contributed by atoms with van der Waals surface area (Å²) in [6, 6.07) is 8.75. The van der Waals surface area contributed by atoms with Crippen molar-refractivity contribution in [2.24, 2.45) is 35.0 Å². The molecule has 8 aliphatic carbocycles. The summed E-state index contributed by atoms with van der Waals surface area (Å²) in [4.78, 5) is 1.70. The second kappa shape index (κ2) is 15.0. The number of rotatable bonds is 5. The van der Waals surface area contributed by atoms with Crippen LogP contribution >= 0.6 is 0 Å². The van der Waals surface area contributed by atoms with Crippen molar-refractivity contribution in [3.8, 4) is 6.07 Å². The van der Waals surface area contributed by atoms with Gasteiger partial charge in [0, 0.05) is 52.3 Å². The molecule has 2 saturated carbocycles. The van der Waals surface area contributed by atoms with Crippen molar-refractivity contribution in [1.29, 1.82) is 5.26 Å². The van der Waals surface area contributed by atoms with Crippen LogP contribution in [0.3, 0.4) is 0 Å². The van der Waals surface area contributed by atoms with E-state index < -0.39 is 0 Å². The highest BCUT2D eigenvalue weighted by Crippen LogP contribution is 2.59. The highest BCUT2D eigenvalue weighted by atomic mass is 15.5. The molecule has 3 heterocycles. The Labute approximate surface area is 376 Å². The molecule has 3 fully saturated rings. The lowest BCUT2D eigenvalue weighted by Crippen LogP contribution is -3.34. The van der Waals surface area contributed by atoms with Crippen molar-refractivity contribution in [2.75, 3.05) is 0 Å². The van der Waals surface area contributed by atoms with E-state index in [2.05, 4.69) is 147 Å². The van der Waals surface area contributed by atoms with Gasteiger partial charge in [0.15, 0.2) is 12.3 Å². The second-order valence-electron chi connectivity index (χ2n) is 21.9. The minimum atomic E-state index is -0.0822. The predicted octanol–water partition coefficient (Wildman–Crippen LogP) is 11.6. The van der Waals surface area contributed by atoms with Crippen LogP contribution in [0, 0.1) is 60.2 Å². The molecule has 11 atom stereocenters. The summed E-state index contributed by atoms with van der Waals surface area (Å²) in [5.41, 5.74) is 19.5. The third-order valence-corrected chi connectivity index (χ3v) is 17.9. The van der Waals surface area contributed by atoms with Gasteiger partial charge in [0.2, 0.25) is 0 Å². The Kier molecular flexibility index (Phi) is 9.48. The Morgan fingerprint density at radius 2 is 1.68 bits per heavy atom. The summed E-state index contributed by atoms with van der Waals surface area (Å²) in [6.07, 6.45) is 43.4. The molecule has 0 amide bonds. The molecule has 11 unspecified atom stereocenters. The average molecular weight is 835 g/mol. The van der Waals surface area contributed by atoms with Crippen molar-refractivity contribution in [2.45, 2.75) is 149 Å². The van der Waals surface area contributed by atoms with Gasteiger partial charge in [-0.1, -0.05) is 98.2 Å². The number of hydrogen-bond acceptors (Lipinski definition) is 2. The van der Waals surface area contributed by atoms with Crippen LogP contribution in [0.4, 0.5) is 0 Å². The van der Waals surface area contributed by atoms with Gasteiger partial charge in [-0.2, -0.15) is 5.26 Å². The lowest BCUT2D eigenvalue weighted by atomic mass is 9.70. The Bertz CT molecular complexity index is 2680. The highest BCUT2D eigenvalue weighted by Gasteiger charge is 2.58. The fourth-order valence-corrected chi connectivity index (χ4v) is 15.3. The van der Waals surface area contributed by atoms with Gasteiger partial charge in [-0.3, -0.25) is 4.90 Å². The van der Waals surface area contributed by atoms with Gasteiger partial charge in [0.05, 0.1) is 23.5 Å². The van der Waals surface area contributed by atoms with Gasteiger partial charge in [0.25, 0.3) is 0 Å². The first-order valence-electron chi connectivity index (χ1n) is 25.0. The maximum atomic E-state index is 11.5. The molecule has 2 aromatic heterocycles. The molecular weight excluding hydrogens is 767 g/mol. The zero-order chi connectivity index (χ0) is 42.9. The quantitative estimate of drug-likeness (QED) is 0.252. The van der Waals surface area contributed by atoms with Crippen LogP contribution in [-0.2, 0) is 19.3 Å². The largest absolute Gasteiger partial charge is 0.337 e. The summed E-state index contributed by atoms with van der Waals surface area (Å²) in [7, 11) is 0. The summed E-state index contributed by atoms with van der Waals surface area (Å²) in [5.74, 6) is 1.83. The topological polar surface area (TPSA) is 50.1 Å². The Morgan fingerprint density at radius 1 is 0.889 bits per heavy atom. The maximum Gasteiger partial charge on any atom is 0.173 e. The average Bonchev–Trinajstić information content (AvgIpc) is 3.87. The number of aromatic nitrogens is 2. The molecule has 0 bridgehead atoms. The third-order valence-electron chi connectivity index (χ3n) is 17.9. The second-order valence-corrected chi connectivity index (χ2v) is 21.9. The molecule has 1 aliphatic heterocycles. The fourth-order valence-electron chi connectivity index (χ4n) is 15.3. The van der Waals surface area contributed by atoms with Crippen LogP contribution in [0.25, 0.3) is 28.6 Å². The fraction of sp³-hybridized carbons (Fsp3) is 0.500. The molecule has 9 aliphatic rings. The number of nitrogens with zero attached hydrogens (tertiary/aromatic N) is 3. The zero-order valence-corrected chi connectivity index (χ0v) is 38.7. The van der Waals surface area contributed by atoms with Gasteiger partial charge < -0.3 is 9.13 Å². The maximum absolute atomic E-state index is 11.5. The Hall–Kier alpha value is -4.63. The van der Waals surface area contributed by atoms with Crippen LogP contribution in [0.1, 0.15) is 142 Å². The Balaban J connectivity index is 1.01. The molecule has 0 spiro atoms. The predicted molar refractivity (Wildman–Crippen MR) is 259 cm³/mol.